The molecule has 1 fully saturated rings. The van der Waals surface area contributed by atoms with Crippen LogP contribution >= 0.6 is 0 Å². The van der Waals surface area contributed by atoms with Crippen LogP contribution < -0.4 is 5.32 Å². The number of hydrogen-bond acceptors (Lipinski definition) is 9. The van der Waals surface area contributed by atoms with Gasteiger partial charge in [0.15, 0.2) is 12.4 Å². The summed E-state index contributed by atoms with van der Waals surface area (Å²) in [5, 5.41) is 64.4. The lowest BCUT2D eigenvalue weighted by molar-refractivity contribution is -0.302. The number of nitrogens with one attached hydrogen (secondary N) is 1. The second-order valence-corrected chi connectivity index (χ2v) is 15.1. The normalized spacial score (nSPS) is 22.8. The van der Waals surface area contributed by atoms with Crippen LogP contribution in [0.25, 0.3) is 0 Å². The number of hydrogen-bond donors (Lipinski definition) is 7. The van der Waals surface area contributed by atoms with Crippen LogP contribution in [0.5, 0.6) is 0 Å². The largest absolute Gasteiger partial charge is 0.394 e. The molecular weight excluding hydrogens is 674 g/mol. The van der Waals surface area contributed by atoms with Gasteiger partial charge in [-0.05, 0) is 45.4 Å². The molecule has 310 valence electrons. The third-order valence-corrected chi connectivity index (χ3v) is 10.2. The summed E-state index contributed by atoms with van der Waals surface area (Å²) in [6.07, 6.45) is 26.3. The Kier molecular flexibility index (Phi) is 30.4. The number of ether oxygens (including phenoxy) is 2. The van der Waals surface area contributed by atoms with Crippen LogP contribution in [0.2, 0.25) is 0 Å². The molecule has 53 heavy (non-hydrogen) atoms. The summed E-state index contributed by atoms with van der Waals surface area (Å²) in [7, 11) is 0. The van der Waals surface area contributed by atoms with Gasteiger partial charge in [0.1, 0.15) is 24.4 Å². The molecule has 0 saturated carbocycles. The summed E-state index contributed by atoms with van der Waals surface area (Å²) in [5.41, 5.74) is 1.35. The monoisotopic (exact) mass is 754 g/mol. The van der Waals surface area contributed by atoms with Crippen molar-refractivity contribution >= 4 is 5.91 Å². The highest BCUT2D eigenvalue weighted by Gasteiger charge is 2.44. The number of aliphatic hydroxyl groups is 6. The van der Waals surface area contributed by atoms with Gasteiger partial charge in [0, 0.05) is 0 Å². The maximum atomic E-state index is 13.0. The summed E-state index contributed by atoms with van der Waals surface area (Å²) in [6.45, 7) is 5.67. The van der Waals surface area contributed by atoms with E-state index in [-0.39, 0.29) is 6.61 Å². The first-order chi connectivity index (χ1) is 25.7. The minimum Gasteiger partial charge on any atom is -0.394 e. The van der Waals surface area contributed by atoms with Gasteiger partial charge in [-0.3, -0.25) is 4.79 Å². The Morgan fingerprint density at radius 1 is 0.698 bits per heavy atom. The van der Waals surface area contributed by atoms with Crippen LogP contribution in [-0.4, -0.2) is 98.7 Å². The molecule has 0 aromatic carbocycles. The van der Waals surface area contributed by atoms with Gasteiger partial charge >= 0.3 is 0 Å². The van der Waals surface area contributed by atoms with E-state index in [4.69, 9.17) is 9.47 Å². The second-order valence-electron chi connectivity index (χ2n) is 15.1. The molecule has 0 bridgehead atoms. The maximum absolute atomic E-state index is 13.0. The molecule has 10 heteroatoms. The van der Waals surface area contributed by atoms with E-state index in [1.54, 1.807) is 12.2 Å². The van der Waals surface area contributed by atoms with Crippen LogP contribution in [0.3, 0.4) is 0 Å². The van der Waals surface area contributed by atoms with Gasteiger partial charge in [-0.2, -0.15) is 0 Å². The Labute approximate surface area is 322 Å². The van der Waals surface area contributed by atoms with Gasteiger partial charge in [0.05, 0.1) is 25.4 Å². The Morgan fingerprint density at radius 3 is 1.79 bits per heavy atom. The van der Waals surface area contributed by atoms with Gasteiger partial charge in [-0.25, -0.2) is 0 Å². The van der Waals surface area contributed by atoms with Crippen molar-refractivity contribution in [1.82, 2.24) is 5.32 Å². The summed E-state index contributed by atoms with van der Waals surface area (Å²) in [4.78, 5) is 13.0. The molecule has 1 amide bonds. The molecule has 1 rings (SSSR count). The molecule has 0 aromatic heterocycles. The van der Waals surface area contributed by atoms with Crippen molar-refractivity contribution in [1.29, 1.82) is 0 Å². The fourth-order valence-corrected chi connectivity index (χ4v) is 6.57. The van der Waals surface area contributed by atoms with E-state index < -0.39 is 61.5 Å². The Bertz CT molecular complexity index is 971. The molecule has 0 spiro atoms. The number of carbonyl (C=O) groups is 1. The van der Waals surface area contributed by atoms with E-state index in [2.05, 4.69) is 32.2 Å². The molecule has 0 aliphatic carbocycles. The summed E-state index contributed by atoms with van der Waals surface area (Å²) in [5.74, 6) is -0.713. The van der Waals surface area contributed by atoms with Gasteiger partial charge in [-0.1, -0.05) is 159 Å². The summed E-state index contributed by atoms with van der Waals surface area (Å²) < 4.78 is 11.1. The lowest BCUT2D eigenvalue weighted by atomic mass is 9.99. The second kappa shape index (κ2) is 32.6. The summed E-state index contributed by atoms with van der Waals surface area (Å²) in [6, 6.07) is -1.03. The first-order valence-electron chi connectivity index (χ1n) is 21.2. The summed E-state index contributed by atoms with van der Waals surface area (Å²) >= 11 is 0. The fourth-order valence-electron chi connectivity index (χ4n) is 6.57. The zero-order valence-electron chi connectivity index (χ0n) is 33.6. The van der Waals surface area contributed by atoms with Crippen molar-refractivity contribution in [2.75, 3.05) is 13.2 Å². The number of amides is 1. The molecule has 8 atom stereocenters. The topological polar surface area (TPSA) is 169 Å². The van der Waals surface area contributed by atoms with Gasteiger partial charge in [-0.15, -0.1) is 0 Å². The molecule has 1 aliphatic heterocycles. The van der Waals surface area contributed by atoms with Crippen LogP contribution in [0, 0.1) is 0 Å². The molecule has 1 saturated heterocycles. The average molecular weight is 754 g/mol. The highest BCUT2D eigenvalue weighted by atomic mass is 16.7. The Balaban J connectivity index is 2.59. The van der Waals surface area contributed by atoms with Crippen molar-refractivity contribution in [2.24, 2.45) is 0 Å². The van der Waals surface area contributed by atoms with E-state index in [1.807, 2.05) is 6.08 Å². The van der Waals surface area contributed by atoms with Crippen molar-refractivity contribution in [3.8, 4) is 0 Å². The molecular formula is C43H79NO9. The van der Waals surface area contributed by atoms with Crippen molar-refractivity contribution in [3.05, 3.63) is 36.0 Å². The lowest BCUT2D eigenvalue weighted by Crippen LogP contribution is -2.60. The smallest absolute Gasteiger partial charge is 0.253 e. The third-order valence-electron chi connectivity index (χ3n) is 10.2. The number of unbranched alkanes of at least 4 members (excludes halogenated alkanes) is 19. The molecule has 6 unspecified atom stereocenters. The molecule has 10 nitrogen and oxygen atoms in total. The zero-order chi connectivity index (χ0) is 39.1. The lowest BCUT2D eigenvalue weighted by Gasteiger charge is -2.40. The Hall–Kier alpha value is -1.63. The number of rotatable bonds is 33. The van der Waals surface area contributed by atoms with Crippen LogP contribution in [0.1, 0.15) is 168 Å². The van der Waals surface area contributed by atoms with Gasteiger partial charge < -0.3 is 45.4 Å². The van der Waals surface area contributed by atoms with Gasteiger partial charge in [0.2, 0.25) is 0 Å². The molecule has 0 radical (unpaired) electrons. The zero-order valence-corrected chi connectivity index (χ0v) is 33.6. The van der Waals surface area contributed by atoms with Crippen LogP contribution in [-0.2, 0) is 14.3 Å². The SMILES string of the molecule is CCCCCCCCCCCCCC/C=C/C(O)C(=O)NC(CO[C@@H]1OC(CO)[C@H](O)C(O)C1O)C(O)/C=C/CC/C=C(\C)CCCCCCCCC. The quantitative estimate of drug-likeness (QED) is 0.0274. The van der Waals surface area contributed by atoms with Crippen molar-refractivity contribution in [3.63, 3.8) is 0 Å². The highest BCUT2D eigenvalue weighted by molar-refractivity contribution is 5.82. The molecule has 0 aromatic rings. The number of allylic oxidation sites excluding steroid dienone is 4. The number of carbonyl (C=O) groups excluding carboxylic acids is 1. The predicted molar refractivity (Wildman–Crippen MR) is 213 cm³/mol. The van der Waals surface area contributed by atoms with E-state index >= 15 is 0 Å². The molecule has 7 N–H and O–H groups in total. The number of aliphatic hydroxyl groups excluding tert-OH is 6. The first-order valence-corrected chi connectivity index (χ1v) is 21.2. The van der Waals surface area contributed by atoms with Gasteiger partial charge in [0.25, 0.3) is 5.91 Å². The van der Waals surface area contributed by atoms with E-state index in [0.29, 0.717) is 6.42 Å². The van der Waals surface area contributed by atoms with E-state index in [0.717, 1.165) is 32.1 Å². The Morgan fingerprint density at radius 2 is 1.23 bits per heavy atom. The van der Waals surface area contributed by atoms with Crippen molar-refractivity contribution in [2.45, 2.75) is 217 Å². The van der Waals surface area contributed by atoms with Crippen LogP contribution in [0.4, 0.5) is 0 Å². The van der Waals surface area contributed by atoms with Crippen molar-refractivity contribution < 1.29 is 44.9 Å². The molecule has 1 heterocycles. The highest BCUT2D eigenvalue weighted by Crippen LogP contribution is 2.22. The fraction of sp³-hybridized carbons (Fsp3) is 0.837. The predicted octanol–water partition coefficient (Wildman–Crippen LogP) is 7.08. The standard InChI is InChI=1S/C43H79NO9/c1-4-6-8-10-12-13-14-15-16-17-18-20-22-26-31-37(47)42(51)44-35(33-52-43-41(50)40(49)39(48)38(32-45)53-43)36(46)30-27-23-25-29-34(3)28-24-21-19-11-9-7-5-2/h26-27,29-31,35-41,43,45-50H,4-25,28,32-33H2,1-3H3,(H,44,51)/b30-27+,31-26+,34-29+/t35?,36?,37?,38?,39-,40?,41?,43+/m0/s1. The maximum Gasteiger partial charge on any atom is 0.253 e. The minimum absolute atomic E-state index is 0.341. The first kappa shape index (κ1) is 49.4. The third kappa shape index (κ3) is 23.8. The van der Waals surface area contributed by atoms with Crippen LogP contribution in [0.15, 0.2) is 36.0 Å². The molecule has 1 aliphatic rings. The minimum atomic E-state index is -1.62. The average Bonchev–Trinajstić information content (AvgIpc) is 3.15. The van der Waals surface area contributed by atoms with E-state index in [1.165, 1.54) is 121 Å². The van der Waals surface area contributed by atoms with E-state index in [9.17, 15) is 35.4 Å².